The Balaban J connectivity index is 1.31. The maximum absolute atomic E-state index is 12.7. The number of para-hydroxylation sites is 1. The molecule has 0 saturated carbocycles. The van der Waals surface area contributed by atoms with Crippen molar-refractivity contribution in [3.8, 4) is 5.69 Å². The van der Waals surface area contributed by atoms with E-state index in [4.69, 9.17) is 11.6 Å². The first-order valence-electron chi connectivity index (χ1n) is 10.4. The van der Waals surface area contributed by atoms with E-state index in [2.05, 4.69) is 25.7 Å². The largest absolute Gasteiger partial charge is 0.349 e. The van der Waals surface area contributed by atoms with Crippen molar-refractivity contribution in [1.82, 2.24) is 19.7 Å². The van der Waals surface area contributed by atoms with E-state index in [9.17, 15) is 9.59 Å². The van der Waals surface area contributed by atoms with E-state index in [1.165, 1.54) is 0 Å². The van der Waals surface area contributed by atoms with Crippen LogP contribution in [0.3, 0.4) is 0 Å². The fourth-order valence-electron chi connectivity index (χ4n) is 3.58. The Labute approximate surface area is 199 Å². The monoisotopic (exact) mass is 470 g/mol. The minimum Gasteiger partial charge on any atom is -0.349 e. The average molecular weight is 471 g/mol. The van der Waals surface area contributed by atoms with E-state index in [-0.39, 0.29) is 11.8 Å². The maximum Gasteiger partial charge on any atom is 0.272 e. The van der Waals surface area contributed by atoms with Crippen LogP contribution in [0.1, 0.15) is 26.5 Å². The number of aromatic amines is 1. The van der Waals surface area contributed by atoms with Crippen molar-refractivity contribution < 1.29 is 9.59 Å². The van der Waals surface area contributed by atoms with Gasteiger partial charge in [0, 0.05) is 28.5 Å². The molecule has 0 radical (unpaired) electrons. The average Bonchev–Trinajstić information content (AvgIpc) is 3.47. The highest BCUT2D eigenvalue weighted by atomic mass is 35.5. The number of hydrogen-bond acceptors (Lipinski definition) is 4. The van der Waals surface area contributed by atoms with Crippen LogP contribution >= 0.6 is 11.6 Å². The highest BCUT2D eigenvalue weighted by Gasteiger charge is 2.13. The molecule has 0 spiro atoms. The van der Waals surface area contributed by atoms with Crippen molar-refractivity contribution in [2.75, 3.05) is 10.6 Å². The quantitative estimate of drug-likeness (QED) is 0.327. The standard InChI is InChI=1S/C25H19ClN6O2/c1-15-10-18(8-9-27-15)29-24(33)17-5-2-6-20(11-17)32-14-19(13-28-32)30-25(34)22-12-16-4-3-7-21(26)23(16)31-22/h2-14,31H,1H3,(H,30,34)(H,27,29,33). The van der Waals surface area contributed by atoms with Gasteiger partial charge in [-0.05, 0) is 49.4 Å². The third kappa shape index (κ3) is 4.39. The number of hydrogen-bond donors (Lipinski definition) is 3. The van der Waals surface area contributed by atoms with Crippen LogP contribution in [0.2, 0.25) is 5.02 Å². The number of fused-ring (bicyclic) bond motifs is 1. The van der Waals surface area contributed by atoms with Crippen LogP contribution in [-0.4, -0.2) is 31.6 Å². The van der Waals surface area contributed by atoms with Crippen LogP contribution < -0.4 is 10.6 Å². The summed E-state index contributed by atoms with van der Waals surface area (Å²) in [6.45, 7) is 1.86. The molecule has 9 heteroatoms. The molecule has 3 N–H and O–H groups in total. The molecule has 0 unspecified atom stereocenters. The second-order valence-electron chi connectivity index (χ2n) is 7.71. The molecule has 8 nitrogen and oxygen atoms in total. The summed E-state index contributed by atoms with van der Waals surface area (Å²) in [6, 6.07) is 17.8. The molecular formula is C25H19ClN6O2. The van der Waals surface area contributed by atoms with Crippen LogP contribution in [0.5, 0.6) is 0 Å². The number of carbonyl (C=O) groups is 2. The summed E-state index contributed by atoms with van der Waals surface area (Å²) in [4.78, 5) is 32.6. The van der Waals surface area contributed by atoms with Crippen molar-refractivity contribution in [3.05, 3.63) is 101 Å². The van der Waals surface area contributed by atoms with Crippen molar-refractivity contribution in [3.63, 3.8) is 0 Å². The van der Waals surface area contributed by atoms with Gasteiger partial charge in [-0.15, -0.1) is 0 Å². The lowest BCUT2D eigenvalue weighted by Crippen LogP contribution is -2.12. The van der Waals surface area contributed by atoms with Crippen molar-refractivity contribution in [1.29, 1.82) is 0 Å². The first-order chi connectivity index (χ1) is 16.5. The molecule has 0 aliphatic rings. The molecule has 5 rings (SSSR count). The zero-order valence-corrected chi connectivity index (χ0v) is 18.8. The molecule has 5 aromatic rings. The fraction of sp³-hybridized carbons (Fsp3) is 0.0400. The Morgan fingerprint density at radius 1 is 0.971 bits per heavy atom. The summed E-state index contributed by atoms with van der Waals surface area (Å²) in [5.74, 6) is -0.557. The van der Waals surface area contributed by atoms with Crippen LogP contribution in [0.25, 0.3) is 16.6 Å². The van der Waals surface area contributed by atoms with Crippen molar-refractivity contribution in [2.24, 2.45) is 0 Å². The topological polar surface area (TPSA) is 105 Å². The Bertz CT molecular complexity index is 1540. The molecule has 0 bridgehead atoms. The number of carbonyl (C=O) groups excluding carboxylic acids is 2. The Morgan fingerprint density at radius 2 is 1.79 bits per heavy atom. The molecule has 0 atom stereocenters. The van der Waals surface area contributed by atoms with Crippen LogP contribution in [0.4, 0.5) is 11.4 Å². The second-order valence-corrected chi connectivity index (χ2v) is 8.11. The number of aryl methyl sites for hydroxylation is 1. The van der Waals surface area contributed by atoms with E-state index in [0.29, 0.717) is 38.9 Å². The highest BCUT2D eigenvalue weighted by molar-refractivity contribution is 6.35. The number of anilines is 2. The Morgan fingerprint density at radius 3 is 2.62 bits per heavy atom. The second kappa shape index (κ2) is 8.84. The summed E-state index contributed by atoms with van der Waals surface area (Å²) in [7, 11) is 0. The van der Waals surface area contributed by atoms with Crippen LogP contribution in [0, 0.1) is 6.92 Å². The smallest absolute Gasteiger partial charge is 0.272 e. The summed E-state index contributed by atoms with van der Waals surface area (Å²) < 4.78 is 1.59. The van der Waals surface area contributed by atoms with E-state index < -0.39 is 0 Å². The first kappa shape index (κ1) is 21.4. The summed E-state index contributed by atoms with van der Waals surface area (Å²) in [6.07, 6.45) is 4.86. The number of benzene rings is 2. The molecule has 0 saturated heterocycles. The van der Waals surface area contributed by atoms with E-state index in [1.54, 1.807) is 65.7 Å². The SMILES string of the molecule is Cc1cc(NC(=O)c2cccc(-n3cc(NC(=O)c4cc5cccc(Cl)c5[nH]4)cn3)c2)ccn1. The van der Waals surface area contributed by atoms with Crippen molar-refractivity contribution in [2.45, 2.75) is 6.92 Å². The van der Waals surface area contributed by atoms with Gasteiger partial charge in [0.05, 0.1) is 34.3 Å². The molecule has 0 aliphatic heterocycles. The van der Waals surface area contributed by atoms with Gasteiger partial charge in [-0.2, -0.15) is 5.10 Å². The van der Waals surface area contributed by atoms with Gasteiger partial charge in [0.1, 0.15) is 5.69 Å². The predicted molar refractivity (Wildman–Crippen MR) is 132 cm³/mol. The fourth-order valence-corrected chi connectivity index (χ4v) is 3.81. The number of amides is 2. The Kier molecular flexibility index (Phi) is 5.57. The molecule has 0 aliphatic carbocycles. The summed E-state index contributed by atoms with van der Waals surface area (Å²) in [5.41, 5.74) is 4.25. The number of H-pyrrole nitrogens is 1. The zero-order chi connectivity index (χ0) is 23.7. The minimum atomic E-state index is -0.312. The lowest BCUT2D eigenvalue weighted by atomic mass is 10.2. The van der Waals surface area contributed by atoms with Gasteiger partial charge in [-0.25, -0.2) is 4.68 Å². The summed E-state index contributed by atoms with van der Waals surface area (Å²) in [5, 5.41) is 11.4. The van der Waals surface area contributed by atoms with E-state index in [1.807, 2.05) is 25.1 Å². The predicted octanol–water partition coefficient (Wildman–Crippen LogP) is 5.22. The van der Waals surface area contributed by atoms with Gasteiger partial charge in [0.2, 0.25) is 0 Å². The molecule has 0 fully saturated rings. The normalized spacial score (nSPS) is 10.9. The molecular weight excluding hydrogens is 452 g/mol. The Hall–Kier alpha value is -4.43. The molecule has 2 amide bonds. The van der Waals surface area contributed by atoms with Gasteiger partial charge in [0.25, 0.3) is 11.8 Å². The van der Waals surface area contributed by atoms with Gasteiger partial charge in [0.15, 0.2) is 0 Å². The van der Waals surface area contributed by atoms with Crippen LogP contribution in [-0.2, 0) is 0 Å². The molecule has 2 aromatic carbocycles. The number of pyridine rings is 1. The van der Waals surface area contributed by atoms with Gasteiger partial charge in [-0.3, -0.25) is 14.6 Å². The van der Waals surface area contributed by atoms with Gasteiger partial charge >= 0.3 is 0 Å². The molecule has 34 heavy (non-hydrogen) atoms. The third-order valence-electron chi connectivity index (χ3n) is 5.22. The lowest BCUT2D eigenvalue weighted by Gasteiger charge is -2.07. The number of halogens is 1. The van der Waals surface area contributed by atoms with E-state index in [0.717, 1.165) is 11.1 Å². The number of aromatic nitrogens is 4. The molecule has 168 valence electrons. The van der Waals surface area contributed by atoms with Gasteiger partial charge in [-0.1, -0.05) is 29.8 Å². The summed E-state index contributed by atoms with van der Waals surface area (Å²) >= 11 is 6.19. The van der Waals surface area contributed by atoms with E-state index >= 15 is 0 Å². The van der Waals surface area contributed by atoms with Crippen LogP contribution in [0.15, 0.2) is 79.3 Å². The molecule has 3 heterocycles. The third-order valence-corrected chi connectivity index (χ3v) is 5.53. The lowest BCUT2D eigenvalue weighted by molar-refractivity contribution is 0.101. The number of rotatable bonds is 5. The first-order valence-corrected chi connectivity index (χ1v) is 10.8. The zero-order valence-electron chi connectivity index (χ0n) is 18.0. The number of nitrogens with zero attached hydrogens (tertiary/aromatic N) is 3. The van der Waals surface area contributed by atoms with Gasteiger partial charge < -0.3 is 15.6 Å². The molecule has 3 aromatic heterocycles. The minimum absolute atomic E-state index is 0.245. The van der Waals surface area contributed by atoms with Crippen molar-refractivity contribution >= 4 is 45.7 Å². The highest BCUT2D eigenvalue weighted by Crippen LogP contribution is 2.24. The number of nitrogens with one attached hydrogen (secondary N) is 3. The maximum atomic E-state index is 12.7.